The van der Waals surface area contributed by atoms with Crippen molar-refractivity contribution in [3.8, 4) is 0 Å². The molecule has 0 unspecified atom stereocenters. The first kappa shape index (κ1) is 12.1. The molecule has 0 radical (unpaired) electrons. The third-order valence-electron chi connectivity index (χ3n) is 2.09. The fraction of sp³-hybridized carbons (Fsp3) is 0.100. The number of rotatable bonds is 2. The second kappa shape index (κ2) is 4.47. The van der Waals surface area contributed by atoms with E-state index in [1.165, 1.54) is 6.33 Å². The molecule has 0 bridgehead atoms. The maximum atomic E-state index is 12.3. The van der Waals surface area contributed by atoms with Gasteiger partial charge in [0, 0.05) is 5.69 Å². The number of aromatic amines is 1. The van der Waals surface area contributed by atoms with Crippen LogP contribution in [0, 0.1) is 0 Å². The molecule has 0 fully saturated rings. The van der Waals surface area contributed by atoms with Gasteiger partial charge in [0.05, 0.1) is 5.56 Å². The Morgan fingerprint density at radius 3 is 2.39 bits per heavy atom. The number of hydrogen-bond acceptors (Lipinski definition) is 3. The first-order valence-electron chi connectivity index (χ1n) is 4.81. The van der Waals surface area contributed by atoms with Crippen molar-refractivity contribution in [2.75, 3.05) is 5.32 Å². The molecule has 1 heterocycles. The van der Waals surface area contributed by atoms with Crippen LogP contribution in [0.15, 0.2) is 30.6 Å². The van der Waals surface area contributed by atoms with Gasteiger partial charge in [0.25, 0.3) is 5.91 Å². The molecule has 0 atom stereocenters. The molecule has 0 saturated heterocycles. The molecular weight excluding hydrogens is 249 g/mol. The Labute approximate surface area is 99.0 Å². The second-order valence-corrected chi connectivity index (χ2v) is 3.35. The van der Waals surface area contributed by atoms with Crippen molar-refractivity contribution in [2.45, 2.75) is 6.18 Å². The number of benzene rings is 1. The molecule has 0 spiro atoms. The Bertz CT molecular complexity index is 533. The summed E-state index contributed by atoms with van der Waals surface area (Å²) in [6.45, 7) is 0. The number of anilines is 1. The van der Waals surface area contributed by atoms with Crippen LogP contribution >= 0.6 is 0 Å². The molecular formula is C10H7F3N4O. The van der Waals surface area contributed by atoms with Gasteiger partial charge in [0.2, 0.25) is 5.82 Å². The van der Waals surface area contributed by atoms with Crippen molar-refractivity contribution in [1.82, 2.24) is 15.2 Å². The normalized spacial score (nSPS) is 11.3. The van der Waals surface area contributed by atoms with Crippen LogP contribution in [0.4, 0.5) is 18.9 Å². The largest absolute Gasteiger partial charge is 0.416 e. The number of nitrogens with zero attached hydrogens (tertiary/aromatic N) is 2. The van der Waals surface area contributed by atoms with E-state index in [0.717, 1.165) is 24.3 Å². The Balaban J connectivity index is 2.09. The number of nitrogens with one attached hydrogen (secondary N) is 2. The summed E-state index contributed by atoms with van der Waals surface area (Å²) in [5, 5.41) is 8.27. The lowest BCUT2D eigenvalue weighted by atomic mass is 10.2. The topological polar surface area (TPSA) is 70.7 Å². The zero-order valence-electron chi connectivity index (χ0n) is 8.82. The quantitative estimate of drug-likeness (QED) is 0.864. The van der Waals surface area contributed by atoms with E-state index in [4.69, 9.17) is 0 Å². The fourth-order valence-electron chi connectivity index (χ4n) is 1.25. The van der Waals surface area contributed by atoms with Gasteiger partial charge >= 0.3 is 6.18 Å². The molecule has 1 aromatic carbocycles. The standard InChI is InChI=1S/C10H7F3N4O/c11-10(12,13)6-1-3-7(4-2-6)16-9(18)8-14-5-15-17-8/h1-5H,(H,16,18)(H,14,15,17). The number of hydrogen-bond donors (Lipinski definition) is 2. The monoisotopic (exact) mass is 256 g/mol. The predicted molar refractivity (Wildman–Crippen MR) is 55.8 cm³/mol. The maximum Gasteiger partial charge on any atom is 0.416 e. The van der Waals surface area contributed by atoms with Crippen LogP contribution in [0.1, 0.15) is 16.2 Å². The number of amides is 1. The van der Waals surface area contributed by atoms with E-state index < -0.39 is 17.6 Å². The number of halogens is 3. The Morgan fingerprint density at radius 2 is 1.89 bits per heavy atom. The number of carbonyl (C=O) groups is 1. The molecule has 2 aromatic rings. The number of aromatic nitrogens is 3. The van der Waals surface area contributed by atoms with E-state index in [0.29, 0.717) is 0 Å². The van der Waals surface area contributed by atoms with Gasteiger partial charge in [0.15, 0.2) is 0 Å². The fourth-order valence-corrected chi connectivity index (χ4v) is 1.25. The zero-order chi connectivity index (χ0) is 13.2. The lowest BCUT2D eigenvalue weighted by Crippen LogP contribution is -2.14. The van der Waals surface area contributed by atoms with Crippen LogP contribution < -0.4 is 5.32 Å². The van der Waals surface area contributed by atoms with Gasteiger partial charge < -0.3 is 5.32 Å². The minimum atomic E-state index is -4.40. The summed E-state index contributed by atoms with van der Waals surface area (Å²) in [4.78, 5) is 15.1. The minimum absolute atomic E-state index is 0.0881. The van der Waals surface area contributed by atoms with Crippen LogP contribution in [0.25, 0.3) is 0 Å². The summed E-state index contributed by atoms with van der Waals surface area (Å²) >= 11 is 0. The minimum Gasteiger partial charge on any atom is -0.319 e. The predicted octanol–water partition coefficient (Wildman–Crippen LogP) is 2.08. The summed E-state index contributed by atoms with van der Waals surface area (Å²) < 4.78 is 36.9. The highest BCUT2D eigenvalue weighted by Gasteiger charge is 2.30. The van der Waals surface area contributed by atoms with Gasteiger partial charge in [0.1, 0.15) is 6.33 Å². The molecule has 1 aromatic heterocycles. The lowest BCUT2D eigenvalue weighted by Gasteiger charge is -2.07. The molecule has 2 N–H and O–H groups in total. The summed E-state index contributed by atoms with van der Waals surface area (Å²) in [5.41, 5.74) is -0.545. The van der Waals surface area contributed by atoms with E-state index in [1.807, 2.05) is 0 Å². The van der Waals surface area contributed by atoms with Crippen molar-refractivity contribution in [2.24, 2.45) is 0 Å². The van der Waals surface area contributed by atoms with Crippen LogP contribution in [0.3, 0.4) is 0 Å². The van der Waals surface area contributed by atoms with Gasteiger partial charge in [-0.15, -0.1) is 5.10 Å². The van der Waals surface area contributed by atoms with Crippen LogP contribution in [-0.4, -0.2) is 21.1 Å². The number of carbonyl (C=O) groups excluding carboxylic acids is 1. The third kappa shape index (κ3) is 2.65. The summed E-state index contributed by atoms with van der Waals surface area (Å²) in [6, 6.07) is 4.09. The van der Waals surface area contributed by atoms with E-state index in [9.17, 15) is 18.0 Å². The third-order valence-corrected chi connectivity index (χ3v) is 2.09. The van der Waals surface area contributed by atoms with E-state index in [-0.39, 0.29) is 11.5 Å². The average molecular weight is 256 g/mol. The van der Waals surface area contributed by atoms with Crippen molar-refractivity contribution in [3.63, 3.8) is 0 Å². The van der Waals surface area contributed by atoms with E-state index in [2.05, 4.69) is 20.5 Å². The van der Waals surface area contributed by atoms with Crippen molar-refractivity contribution >= 4 is 11.6 Å². The highest BCUT2D eigenvalue weighted by Crippen LogP contribution is 2.29. The molecule has 0 aliphatic rings. The van der Waals surface area contributed by atoms with Crippen LogP contribution in [0.2, 0.25) is 0 Å². The smallest absolute Gasteiger partial charge is 0.319 e. The molecule has 8 heteroatoms. The Hall–Kier alpha value is -2.38. The average Bonchev–Trinajstić information content (AvgIpc) is 2.82. The molecule has 0 aliphatic heterocycles. The Morgan fingerprint density at radius 1 is 1.22 bits per heavy atom. The van der Waals surface area contributed by atoms with Gasteiger partial charge in [-0.25, -0.2) is 4.98 Å². The first-order chi connectivity index (χ1) is 8.47. The maximum absolute atomic E-state index is 12.3. The Kier molecular flexibility index (Phi) is 3.00. The molecule has 18 heavy (non-hydrogen) atoms. The van der Waals surface area contributed by atoms with Crippen LogP contribution in [0.5, 0.6) is 0 Å². The summed E-state index contributed by atoms with van der Waals surface area (Å²) in [7, 11) is 0. The SMILES string of the molecule is O=C(Nc1ccc(C(F)(F)F)cc1)c1nc[nH]n1. The van der Waals surface area contributed by atoms with Gasteiger partial charge in [-0.2, -0.15) is 13.2 Å². The first-order valence-corrected chi connectivity index (χ1v) is 4.81. The van der Waals surface area contributed by atoms with Crippen molar-refractivity contribution in [1.29, 1.82) is 0 Å². The van der Waals surface area contributed by atoms with Crippen molar-refractivity contribution in [3.05, 3.63) is 42.0 Å². The van der Waals surface area contributed by atoms with E-state index in [1.54, 1.807) is 0 Å². The van der Waals surface area contributed by atoms with Crippen LogP contribution in [-0.2, 0) is 6.18 Å². The number of H-pyrrole nitrogens is 1. The molecule has 0 saturated carbocycles. The van der Waals surface area contributed by atoms with Gasteiger partial charge in [-0.05, 0) is 24.3 Å². The highest BCUT2D eigenvalue weighted by molar-refractivity contribution is 6.01. The number of alkyl halides is 3. The molecule has 0 aliphatic carbocycles. The molecule has 2 rings (SSSR count). The molecule has 1 amide bonds. The highest BCUT2D eigenvalue weighted by atomic mass is 19.4. The summed E-state index contributed by atoms with van der Waals surface area (Å²) in [5.74, 6) is -0.689. The van der Waals surface area contributed by atoms with Gasteiger partial charge in [-0.1, -0.05) is 0 Å². The molecule has 5 nitrogen and oxygen atoms in total. The second-order valence-electron chi connectivity index (χ2n) is 3.35. The summed E-state index contributed by atoms with van der Waals surface area (Å²) in [6.07, 6.45) is -3.17. The van der Waals surface area contributed by atoms with Crippen molar-refractivity contribution < 1.29 is 18.0 Å². The lowest BCUT2D eigenvalue weighted by molar-refractivity contribution is -0.137. The van der Waals surface area contributed by atoms with Gasteiger partial charge in [-0.3, -0.25) is 9.89 Å². The molecule has 94 valence electrons. The zero-order valence-corrected chi connectivity index (χ0v) is 8.82. The van der Waals surface area contributed by atoms with E-state index >= 15 is 0 Å².